The Hall–Kier alpha value is -0.650. The van der Waals surface area contributed by atoms with E-state index in [4.69, 9.17) is 5.73 Å². The molecular weight excluding hydrogens is 324 g/mol. The van der Waals surface area contributed by atoms with E-state index in [1.54, 1.807) is 0 Å². The van der Waals surface area contributed by atoms with Crippen molar-refractivity contribution in [2.45, 2.75) is 43.1 Å². The number of hydrogen-bond donors (Lipinski definition) is 2. The van der Waals surface area contributed by atoms with Crippen LogP contribution in [0, 0.1) is 5.41 Å². The van der Waals surface area contributed by atoms with Crippen LogP contribution in [0.5, 0.6) is 0 Å². The number of thioether (sulfide) groups is 2. The van der Waals surface area contributed by atoms with Crippen LogP contribution in [-0.4, -0.2) is 24.0 Å². The fourth-order valence-corrected chi connectivity index (χ4v) is 6.45. The lowest BCUT2D eigenvalue weighted by molar-refractivity contribution is -0.118. The van der Waals surface area contributed by atoms with Crippen LogP contribution in [0.4, 0.5) is 5.69 Å². The molecule has 3 nitrogen and oxygen atoms in total. The highest BCUT2D eigenvalue weighted by molar-refractivity contribution is 8.19. The van der Waals surface area contributed by atoms with Crippen molar-refractivity contribution < 1.29 is 4.79 Å². The Kier molecular flexibility index (Phi) is 5.94. The quantitative estimate of drug-likeness (QED) is 0.826. The van der Waals surface area contributed by atoms with Crippen LogP contribution in [0.15, 0.2) is 24.3 Å². The summed E-state index contributed by atoms with van der Waals surface area (Å²) in [6, 6.07) is 8.32. The lowest BCUT2D eigenvalue weighted by Gasteiger charge is -2.35. The Morgan fingerprint density at radius 3 is 2.65 bits per heavy atom. The molecule has 5 heteroatoms. The summed E-state index contributed by atoms with van der Waals surface area (Å²) in [7, 11) is 0. The minimum Gasteiger partial charge on any atom is -0.330 e. The number of nitrogens with two attached hydrogens (primary N) is 1. The topological polar surface area (TPSA) is 55.1 Å². The third-order valence-electron chi connectivity index (χ3n) is 4.95. The Bertz CT molecular complexity index is 538. The van der Waals surface area contributed by atoms with E-state index in [0.717, 1.165) is 18.5 Å². The van der Waals surface area contributed by atoms with Crippen molar-refractivity contribution in [3.63, 3.8) is 0 Å². The maximum atomic E-state index is 12.5. The molecular formula is C18H26N2OS2. The van der Waals surface area contributed by atoms with Gasteiger partial charge in [0.2, 0.25) is 5.91 Å². The van der Waals surface area contributed by atoms with Crippen molar-refractivity contribution in [2.24, 2.45) is 11.1 Å². The van der Waals surface area contributed by atoms with Gasteiger partial charge in [-0.15, -0.1) is 23.5 Å². The Balaban J connectivity index is 1.62. The second-order valence-electron chi connectivity index (χ2n) is 6.69. The number of anilines is 1. The molecule has 1 saturated carbocycles. The van der Waals surface area contributed by atoms with Gasteiger partial charge in [0.25, 0.3) is 0 Å². The molecule has 3 rings (SSSR count). The van der Waals surface area contributed by atoms with Gasteiger partial charge in [-0.05, 0) is 42.5 Å². The Morgan fingerprint density at radius 1 is 1.22 bits per heavy atom. The normalized spacial score (nSPS) is 21.3. The number of benzene rings is 1. The van der Waals surface area contributed by atoms with E-state index in [0.29, 0.717) is 17.5 Å². The highest BCUT2D eigenvalue weighted by Crippen LogP contribution is 2.45. The number of carbonyl (C=O) groups is 1. The third-order valence-corrected chi connectivity index (χ3v) is 8.05. The maximum Gasteiger partial charge on any atom is 0.224 e. The van der Waals surface area contributed by atoms with Crippen LogP contribution in [0.25, 0.3) is 0 Å². The van der Waals surface area contributed by atoms with E-state index in [-0.39, 0.29) is 11.3 Å². The first-order valence-electron chi connectivity index (χ1n) is 8.54. The van der Waals surface area contributed by atoms with Gasteiger partial charge < -0.3 is 11.1 Å². The molecule has 0 spiro atoms. The van der Waals surface area contributed by atoms with Crippen LogP contribution in [0.1, 0.15) is 48.7 Å². The monoisotopic (exact) mass is 350 g/mol. The SMILES string of the molecule is NCC1(CC(=O)Nc2cccc(C3SCCS3)c2)CCCCC1. The van der Waals surface area contributed by atoms with Crippen LogP contribution >= 0.6 is 23.5 Å². The van der Waals surface area contributed by atoms with Gasteiger partial charge in [0.1, 0.15) is 0 Å². The van der Waals surface area contributed by atoms with Crippen molar-refractivity contribution in [1.29, 1.82) is 0 Å². The predicted molar refractivity (Wildman–Crippen MR) is 102 cm³/mol. The fraction of sp³-hybridized carbons (Fsp3) is 0.611. The standard InChI is InChI=1S/C18H26N2OS2/c19-13-18(7-2-1-3-8-18)12-16(21)20-15-6-4-5-14(11-15)17-22-9-10-23-17/h4-6,11,17H,1-3,7-10,12-13,19H2,(H,20,21). The number of carbonyl (C=O) groups excluding carboxylic acids is 1. The zero-order valence-corrected chi connectivity index (χ0v) is 15.2. The number of amides is 1. The highest BCUT2D eigenvalue weighted by atomic mass is 32.2. The van der Waals surface area contributed by atoms with Crippen molar-refractivity contribution in [1.82, 2.24) is 0 Å². The molecule has 126 valence electrons. The minimum atomic E-state index is 0.0249. The molecule has 0 bridgehead atoms. The van der Waals surface area contributed by atoms with Gasteiger partial charge in [-0.25, -0.2) is 0 Å². The second kappa shape index (κ2) is 7.95. The summed E-state index contributed by atoms with van der Waals surface area (Å²) in [5.41, 5.74) is 8.25. The molecule has 0 aromatic heterocycles. The molecule has 1 heterocycles. The summed E-state index contributed by atoms with van der Waals surface area (Å²) in [5.74, 6) is 2.54. The highest BCUT2D eigenvalue weighted by Gasteiger charge is 2.33. The fourth-order valence-electron chi connectivity index (χ4n) is 3.61. The van der Waals surface area contributed by atoms with Crippen molar-refractivity contribution in [2.75, 3.05) is 23.4 Å². The smallest absolute Gasteiger partial charge is 0.224 e. The van der Waals surface area contributed by atoms with Crippen LogP contribution in [-0.2, 0) is 4.79 Å². The lowest BCUT2D eigenvalue weighted by Crippen LogP contribution is -2.36. The molecule has 1 amide bonds. The van der Waals surface area contributed by atoms with Gasteiger partial charge in [0.05, 0.1) is 4.58 Å². The summed E-state index contributed by atoms with van der Waals surface area (Å²) < 4.78 is 0.514. The first-order chi connectivity index (χ1) is 11.2. The summed E-state index contributed by atoms with van der Waals surface area (Å²) in [4.78, 5) is 12.5. The van der Waals surface area contributed by atoms with E-state index >= 15 is 0 Å². The molecule has 0 atom stereocenters. The molecule has 1 aromatic rings. The Labute approximate surface area is 147 Å². The number of hydrogen-bond acceptors (Lipinski definition) is 4. The van der Waals surface area contributed by atoms with Crippen molar-refractivity contribution in [3.05, 3.63) is 29.8 Å². The molecule has 1 aliphatic carbocycles. The maximum absolute atomic E-state index is 12.5. The van der Waals surface area contributed by atoms with Gasteiger partial charge in [-0.1, -0.05) is 31.4 Å². The average molecular weight is 351 g/mol. The van der Waals surface area contributed by atoms with Gasteiger partial charge in [-0.2, -0.15) is 0 Å². The molecule has 1 saturated heterocycles. The summed E-state index contributed by atoms with van der Waals surface area (Å²) in [6.45, 7) is 0.621. The lowest BCUT2D eigenvalue weighted by atomic mass is 9.71. The molecule has 1 aliphatic heterocycles. The zero-order chi connectivity index (χ0) is 16.1. The molecule has 2 fully saturated rings. The van der Waals surface area contributed by atoms with Crippen LogP contribution < -0.4 is 11.1 Å². The van der Waals surface area contributed by atoms with Crippen LogP contribution in [0.3, 0.4) is 0 Å². The molecule has 1 aromatic carbocycles. The van der Waals surface area contributed by atoms with E-state index in [9.17, 15) is 4.79 Å². The van der Waals surface area contributed by atoms with E-state index < -0.39 is 0 Å². The average Bonchev–Trinajstić information content (AvgIpc) is 3.10. The first-order valence-corrected chi connectivity index (χ1v) is 10.6. The van der Waals surface area contributed by atoms with E-state index in [2.05, 4.69) is 17.4 Å². The van der Waals surface area contributed by atoms with E-state index in [1.165, 1.54) is 36.3 Å². The van der Waals surface area contributed by atoms with Gasteiger partial charge in [0.15, 0.2) is 0 Å². The third kappa shape index (κ3) is 4.46. The molecule has 2 aliphatic rings. The second-order valence-corrected chi connectivity index (χ2v) is 9.41. The molecule has 0 unspecified atom stereocenters. The van der Waals surface area contributed by atoms with Gasteiger partial charge >= 0.3 is 0 Å². The summed E-state index contributed by atoms with van der Waals surface area (Å²) >= 11 is 3.98. The predicted octanol–water partition coefficient (Wildman–Crippen LogP) is 4.40. The first kappa shape index (κ1) is 17.2. The minimum absolute atomic E-state index is 0.0249. The zero-order valence-electron chi connectivity index (χ0n) is 13.6. The summed E-state index contributed by atoms with van der Waals surface area (Å²) in [5, 5.41) is 3.10. The molecule has 0 radical (unpaired) electrons. The Morgan fingerprint density at radius 2 is 1.96 bits per heavy atom. The number of rotatable bonds is 5. The molecule has 23 heavy (non-hydrogen) atoms. The van der Waals surface area contributed by atoms with Gasteiger partial charge in [-0.3, -0.25) is 4.79 Å². The summed E-state index contributed by atoms with van der Waals surface area (Å²) in [6.07, 6.45) is 6.42. The largest absolute Gasteiger partial charge is 0.330 e. The molecule has 3 N–H and O–H groups in total. The number of nitrogens with one attached hydrogen (secondary N) is 1. The van der Waals surface area contributed by atoms with E-state index in [1.807, 2.05) is 35.7 Å². The van der Waals surface area contributed by atoms with Crippen molar-refractivity contribution in [3.8, 4) is 0 Å². The van der Waals surface area contributed by atoms with Crippen molar-refractivity contribution >= 4 is 35.1 Å². The van der Waals surface area contributed by atoms with Gasteiger partial charge in [0, 0.05) is 23.6 Å². The van der Waals surface area contributed by atoms with Crippen LogP contribution in [0.2, 0.25) is 0 Å².